The van der Waals surface area contributed by atoms with Crippen molar-refractivity contribution in [2.75, 3.05) is 25.0 Å². The predicted octanol–water partition coefficient (Wildman–Crippen LogP) is 2.67. The number of carbonyl (C=O) groups excluding carboxylic acids is 7. The highest BCUT2D eigenvalue weighted by atomic mass is 16.3. The van der Waals surface area contributed by atoms with Crippen LogP contribution in [0.3, 0.4) is 0 Å². The number of carbonyl (C=O) groups is 7. The number of piperidine rings is 1. The smallest absolute Gasteiger partial charge is 0.319 e. The van der Waals surface area contributed by atoms with Crippen LogP contribution in [-0.2, 0) is 35.2 Å². The number of aryl methyl sites for hydroxylation is 3. The average Bonchev–Trinajstić information content (AvgIpc) is 3.46. The molecule has 15 heteroatoms. The van der Waals surface area contributed by atoms with E-state index in [2.05, 4.69) is 21.3 Å². The molecule has 2 aromatic carbocycles. The van der Waals surface area contributed by atoms with E-state index in [9.17, 15) is 38.7 Å². The molecule has 59 heavy (non-hydrogen) atoms. The molecule has 0 unspecified atom stereocenters. The van der Waals surface area contributed by atoms with Crippen LogP contribution in [-0.4, -0.2) is 123 Å². The Kier molecular flexibility index (Phi) is 13.1. The Labute approximate surface area is 346 Å². The van der Waals surface area contributed by atoms with Crippen LogP contribution >= 0.6 is 0 Å². The third-order valence-electron chi connectivity index (χ3n) is 12.1. The Morgan fingerprint density at radius 2 is 1.46 bits per heavy atom. The van der Waals surface area contributed by atoms with E-state index >= 15 is 0 Å². The Morgan fingerprint density at radius 1 is 0.814 bits per heavy atom. The third kappa shape index (κ3) is 9.77. The number of urea groups is 1. The normalized spacial score (nSPS) is 24.6. The minimum atomic E-state index is -1.44. The molecular formula is C44H59N7O8. The Morgan fingerprint density at radius 3 is 2.10 bits per heavy atom. The van der Waals surface area contributed by atoms with E-state index in [-0.39, 0.29) is 37.1 Å². The highest BCUT2D eigenvalue weighted by Gasteiger charge is 2.63. The number of amides is 7. The molecule has 0 aromatic heterocycles. The summed E-state index contributed by atoms with van der Waals surface area (Å²) in [5, 5.41) is 21.9. The fourth-order valence-electron chi connectivity index (χ4n) is 9.16. The maximum absolute atomic E-state index is 14.3. The molecule has 3 aliphatic heterocycles. The number of nitrogens with one attached hydrogen (secondary N) is 4. The van der Waals surface area contributed by atoms with E-state index in [1.807, 2.05) is 58.0 Å². The minimum absolute atomic E-state index is 0.0425. The largest absolute Gasteiger partial charge is 0.391 e. The van der Waals surface area contributed by atoms with Crippen molar-refractivity contribution >= 4 is 47.0 Å². The molecule has 4 aliphatic rings. The van der Waals surface area contributed by atoms with Crippen molar-refractivity contribution in [2.24, 2.45) is 5.92 Å². The van der Waals surface area contributed by atoms with Crippen molar-refractivity contribution in [3.05, 3.63) is 64.7 Å². The summed E-state index contributed by atoms with van der Waals surface area (Å²) < 4.78 is 0. The Bertz CT molecular complexity index is 1950. The quantitative estimate of drug-likeness (QED) is 0.216. The van der Waals surface area contributed by atoms with Crippen LogP contribution in [0.5, 0.6) is 0 Å². The fraction of sp³-hybridized carbons (Fsp3) is 0.568. The number of nitrogens with zero attached hydrogens (tertiary/aromatic N) is 3. The second-order valence-corrected chi connectivity index (χ2v) is 17.3. The number of likely N-dealkylation sites (tertiary alicyclic amines) is 3. The van der Waals surface area contributed by atoms with Crippen LogP contribution in [0, 0.1) is 26.7 Å². The Balaban J connectivity index is 1.14. The fourth-order valence-corrected chi connectivity index (χ4v) is 9.16. The van der Waals surface area contributed by atoms with E-state index in [0.29, 0.717) is 57.2 Å². The van der Waals surface area contributed by atoms with Crippen molar-refractivity contribution in [3.63, 3.8) is 0 Å². The first-order chi connectivity index (χ1) is 28.0. The van der Waals surface area contributed by atoms with Crippen LogP contribution in [0.4, 0.5) is 10.5 Å². The number of hydrogen-bond donors (Lipinski definition) is 5. The van der Waals surface area contributed by atoms with Crippen LogP contribution < -0.4 is 21.3 Å². The van der Waals surface area contributed by atoms with Gasteiger partial charge in [-0.1, -0.05) is 53.9 Å². The van der Waals surface area contributed by atoms with Gasteiger partial charge < -0.3 is 41.1 Å². The lowest BCUT2D eigenvalue weighted by molar-refractivity contribution is -0.152. The molecule has 0 bridgehead atoms. The van der Waals surface area contributed by atoms with E-state index in [1.165, 1.54) is 16.7 Å². The first-order valence-corrected chi connectivity index (χ1v) is 20.9. The SMILES string of the molecule is Cc1ccc(NC(=O)N[C@@H](Cc2cc(C)cc(C)c2)C(=O)N[C@H](C(=O)N2CCC[C@H]2C(=O)N2CCCC[C@H]2C(=O)N[C@@H](C)C(=O)N2C[C@H](C)C[C@@]23CC3=O)[C@H](C)O)cc1. The van der Waals surface area contributed by atoms with Gasteiger partial charge in [0.25, 0.3) is 0 Å². The zero-order chi connectivity index (χ0) is 42.8. The number of rotatable bonds is 12. The first kappa shape index (κ1) is 43.3. The zero-order valence-corrected chi connectivity index (χ0v) is 35.0. The van der Waals surface area contributed by atoms with Gasteiger partial charge in [0.05, 0.1) is 6.10 Å². The molecule has 5 N–H and O–H groups in total. The summed E-state index contributed by atoms with van der Waals surface area (Å²) in [6.07, 6.45) is 2.22. The number of hydrogen-bond acceptors (Lipinski definition) is 8. The summed E-state index contributed by atoms with van der Waals surface area (Å²) in [6.45, 7) is 11.7. The molecular weight excluding hydrogens is 755 g/mol. The van der Waals surface area contributed by atoms with Crippen molar-refractivity contribution in [3.8, 4) is 0 Å². The van der Waals surface area contributed by atoms with Gasteiger partial charge in [-0.2, -0.15) is 0 Å². The standard InChI is InChI=1S/C44H59N7O8/c1-25-12-14-32(15-13-25)46-43(59)47-33(21-31-19-26(2)18-27(3)20-31)38(54)48-37(30(6)52)42(58)50-17-9-11-35(50)41(57)49-16-8-7-10-34(49)39(55)45-29(5)40(56)51-24-28(4)22-44(51)23-36(44)53/h12-15,18-20,28-30,33-35,37,52H,7-11,16-17,21-24H2,1-6H3,(H,45,55)(H,48,54)(H2,46,47,59)/t28-,29+,30+,33+,34+,35+,37+,44+/m1/s1. The molecule has 8 atom stereocenters. The summed E-state index contributed by atoms with van der Waals surface area (Å²) in [5.74, 6) is -2.33. The molecule has 7 amide bonds. The highest BCUT2D eigenvalue weighted by Crippen LogP contribution is 2.48. The van der Waals surface area contributed by atoms with Gasteiger partial charge >= 0.3 is 6.03 Å². The number of Topliss-reactive ketones (excluding diaryl/α,β-unsaturated/α-hetero) is 1. The topological polar surface area (TPSA) is 198 Å². The molecule has 15 nitrogen and oxygen atoms in total. The lowest BCUT2D eigenvalue weighted by Gasteiger charge is -2.39. The summed E-state index contributed by atoms with van der Waals surface area (Å²) in [4.78, 5) is 100.0. The van der Waals surface area contributed by atoms with Crippen LogP contribution in [0.15, 0.2) is 42.5 Å². The number of ketones is 1. The van der Waals surface area contributed by atoms with Gasteiger partial charge in [-0.05, 0) is 96.8 Å². The molecule has 4 fully saturated rings. The lowest BCUT2D eigenvalue weighted by Crippen LogP contribution is -2.62. The van der Waals surface area contributed by atoms with E-state index in [1.54, 1.807) is 24.0 Å². The number of anilines is 1. The monoisotopic (exact) mass is 813 g/mol. The summed E-state index contributed by atoms with van der Waals surface area (Å²) in [7, 11) is 0. The second kappa shape index (κ2) is 17.9. The van der Waals surface area contributed by atoms with Crippen LogP contribution in [0.25, 0.3) is 0 Å². The first-order valence-electron chi connectivity index (χ1n) is 20.9. The van der Waals surface area contributed by atoms with Crippen molar-refractivity contribution in [2.45, 2.75) is 135 Å². The molecule has 1 saturated carbocycles. The van der Waals surface area contributed by atoms with Gasteiger partial charge in [0.2, 0.25) is 29.5 Å². The predicted molar refractivity (Wildman–Crippen MR) is 220 cm³/mol. The third-order valence-corrected chi connectivity index (χ3v) is 12.1. The minimum Gasteiger partial charge on any atom is -0.391 e. The Hall–Kier alpha value is -5.31. The van der Waals surface area contributed by atoms with Crippen LogP contribution in [0.1, 0.15) is 88.0 Å². The maximum Gasteiger partial charge on any atom is 0.319 e. The van der Waals surface area contributed by atoms with Crippen molar-refractivity contribution < 1.29 is 38.7 Å². The molecule has 2 aromatic rings. The molecule has 1 spiro atoms. The number of benzene rings is 2. The second-order valence-electron chi connectivity index (χ2n) is 17.3. The summed E-state index contributed by atoms with van der Waals surface area (Å²) in [6, 6.07) is 7.07. The molecule has 318 valence electrons. The van der Waals surface area contributed by atoms with Crippen LogP contribution in [0.2, 0.25) is 0 Å². The van der Waals surface area contributed by atoms with Gasteiger partial charge in [0.1, 0.15) is 35.7 Å². The van der Waals surface area contributed by atoms with Gasteiger partial charge in [-0.15, -0.1) is 0 Å². The van der Waals surface area contributed by atoms with E-state index in [4.69, 9.17) is 0 Å². The maximum atomic E-state index is 14.3. The molecule has 0 radical (unpaired) electrons. The van der Waals surface area contributed by atoms with Gasteiger partial charge in [-0.3, -0.25) is 28.8 Å². The lowest BCUT2D eigenvalue weighted by atomic mass is 9.99. The van der Waals surface area contributed by atoms with Gasteiger partial charge in [0.15, 0.2) is 5.78 Å². The summed E-state index contributed by atoms with van der Waals surface area (Å²) >= 11 is 0. The average molecular weight is 814 g/mol. The zero-order valence-electron chi connectivity index (χ0n) is 35.0. The molecule has 3 heterocycles. The molecule has 1 aliphatic carbocycles. The molecule has 6 rings (SSSR count). The van der Waals surface area contributed by atoms with Crippen molar-refractivity contribution in [1.29, 1.82) is 0 Å². The number of aliphatic hydroxyl groups is 1. The number of aliphatic hydroxyl groups excluding tert-OH is 1. The van der Waals surface area contributed by atoms with E-state index in [0.717, 1.165) is 22.3 Å². The van der Waals surface area contributed by atoms with Gasteiger partial charge in [0, 0.05) is 38.2 Å². The van der Waals surface area contributed by atoms with Crippen molar-refractivity contribution in [1.82, 2.24) is 30.7 Å². The summed E-state index contributed by atoms with van der Waals surface area (Å²) in [5.41, 5.74) is 3.52. The molecule has 3 saturated heterocycles. The van der Waals surface area contributed by atoms with Gasteiger partial charge in [-0.25, -0.2) is 4.79 Å². The van der Waals surface area contributed by atoms with E-state index < -0.39 is 71.5 Å². The highest BCUT2D eigenvalue weighted by molar-refractivity contribution is 6.09.